The van der Waals surface area contributed by atoms with Crippen molar-refractivity contribution in [3.8, 4) is 17.1 Å². The Morgan fingerprint density at radius 3 is 2.48 bits per heavy atom. The molecule has 33 heavy (non-hydrogen) atoms. The first kappa shape index (κ1) is 21.2. The van der Waals surface area contributed by atoms with Crippen LogP contribution in [0.25, 0.3) is 11.4 Å². The van der Waals surface area contributed by atoms with E-state index in [9.17, 15) is 14.0 Å². The molecule has 0 spiro atoms. The third kappa shape index (κ3) is 3.12. The molecule has 170 valence electrons. The SMILES string of the molecule is COc1ccc(-c2nnc3n2C2C(C(=O)N(C)C(=O)N2C)N3Cc2c(F)cccc2Cl)cc1. The van der Waals surface area contributed by atoms with Crippen LogP contribution in [0.5, 0.6) is 5.75 Å². The van der Waals surface area contributed by atoms with Crippen molar-refractivity contribution in [2.24, 2.45) is 0 Å². The maximum absolute atomic E-state index is 14.6. The molecule has 2 aliphatic rings. The Labute approximate surface area is 193 Å². The molecule has 3 heterocycles. The summed E-state index contributed by atoms with van der Waals surface area (Å²) in [6.45, 7) is -0.0188. The Morgan fingerprint density at radius 1 is 1.09 bits per heavy atom. The van der Waals surface area contributed by atoms with E-state index in [0.29, 0.717) is 17.5 Å². The summed E-state index contributed by atoms with van der Waals surface area (Å²) >= 11 is 6.28. The maximum Gasteiger partial charge on any atom is 0.327 e. The molecule has 2 atom stereocenters. The van der Waals surface area contributed by atoms with E-state index >= 15 is 0 Å². The van der Waals surface area contributed by atoms with Crippen LogP contribution in [-0.2, 0) is 11.3 Å². The summed E-state index contributed by atoms with van der Waals surface area (Å²) in [6, 6.07) is 10.4. The normalized spacial score (nSPS) is 19.7. The highest BCUT2D eigenvalue weighted by Crippen LogP contribution is 2.43. The first-order valence-corrected chi connectivity index (χ1v) is 10.5. The number of fused-ring (bicyclic) bond motifs is 3. The van der Waals surface area contributed by atoms with Crippen LogP contribution in [0.3, 0.4) is 0 Å². The molecule has 0 aliphatic carbocycles. The van der Waals surface area contributed by atoms with Crippen LogP contribution < -0.4 is 9.64 Å². The highest BCUT2D eigenvalue weighted by Gasteiger charge is 2.54. The molecule has 2 unspecified atom stereocenters. The lowest BCUT2D eigenvalue weighted by molar-refractivity contribution is -0.133. The van der Waals surface area contributed by atoms with Crippen molar-refractivity contribution in [2.75, 3.05) is 26.1 Å². The summed E-state index contributed by atoms with van der Waals surface area (Å²) in [5.74, 6) is 0.589. The highest BCUT2D eigenvalue weighted by molar-refractivity contribution is 6.31. The lowest BCUT2D eigenvalue weighted by Crippen LogP contribution is -2.61. The van der Waals surface area contributed by atoms with Gasteiger partial charge in [0.1, 0.15) is 17.7 Å². The molecular weight excluding hydrogens is 451 g/mol. The van der Waals surface area contributed by atoms with Crippen LogP contribution in [-0.4, -0.2) is 63.7 Å². The number of imide groups is 1. The van der Waals surface area contributed by atoms with Crippen LogP contribution in [0.4, 0.5) is 15.1 Å². The molecule has 3 aromatic rings. The quantitative estimate of drug-likeness (QED) is 0.582. The van der Waals surface area contributed by atoms with Crippen molar-refractivity contribution in [2.45, 2.75) is 18.8 Å². The number of hydrogen-bond donors (Lipinski definition) is 0. The molecule has 1 aromatic heterocycles. The van der Waals surface area contributed by atoms with Gasteiger partial charge in [0, 0.05) is 30.2 Å². The minimum atomic E-state index is -0.823. The standard InChI is InChI=1S/C22H20ClFN6O3/c1-27-19-17(20(31)28(2)22(27)32)29(11-14-15(23)5-4-6-16(14)24)21-26-25-18(30(19)21)12-7-9-13(33-3)10-8-12/h4-10,17,19H,11H2,1-3H3. The molecule has 1 fully saturated rings. The number of hydrogen-bond acceptors (Lipinski definition) is 6. The van der Waals surface area contributed by atoms with E-state index < -0.39 is 30.0 Å². The molecule has 11 heteroatoms. The summed E-state index contributed by atoms with van der Waals surface area (Å²) in [4.78, 5) is 30.2. The van der Waals surface area contributed by atoms with Gasteiger partial charge in [0.2, 0.25) is 5.95 Å². The summed E-state index contributed by atoms with van der Waals surface area (Å²) in [6.07, 6.45) is -0.714. The summed E-state index contributed by atoms with van der Waals surface area (Å²) < 4.78 is 21.6. The first-order valence-electron chi connectivity index (χ1n) is 10.2. The van der Waals surface area contributed by atoms with Gasteiger partial charge < -0.3 is 14.5 Å². The van der Waals surface area contributed by atoms with Crippen molar-refractivity contribution >= 4 is 29.5 Å². The van der Waals surface area contributed by atoms with Gasteiger partial charge in [-0.05, 0) is 36.4 Å². The topological polar surface area (TPSA) is 83.8 Å². The van der Waals surface area contributed by atoms with Crippen LogP contribution in [0.15, 0.2) is 42.5 Å². The zero-order valence-electron chi connectivity index (χ0n) is 18.1. The minimum Gasteiger partial charge on any atom is -0.497 e. The number of likely N-dealkylation sites (N-methyl/N-ethyl adjacent to an activating group) is 2. The number of nitrogens with zero attached hydrogens (tertiary/aromatic N) is 6. The Balaban J connectivity index is 1.66. The second kappa shape index (κ2) is 7.73. The molecule has 3 amide bonds. The second-order valence-electron chi connectivity index (χ2n) is 7.90. The maximum atomic E-state index is 14.6. The van der Waals surface area contributed by atoms with Gasteiger partial charge in [0.25, 0.3) is 5.91 Å². The first-order chi connectivity index (χ1) is 15.8. The number of halogens is 2. The molecule has 5 rings (SSSR count). The van der Waals surface area contributed by atoms with Crippen LogP contribution >= 0.6 is 11.6 Å². The third-order valence-corrected chi connectivity index (χ3v) is 6.48. The van der Waals surface area contributed by atoms with Crippen molar-refractivity contribution in [3.05, 3.63) is 58.9 Å². The van der Waals surface area contributed by atoms with E-state index in [1.165, 1.54) is 24.1 Å². The molecule has 9 nitrogen and oxygen atoms in total. The molecule has 0 N–H and O–H groups in total. The highest BCUT2D eigenvalue weighted by atomic mass is 35.5. The minimum absolute atomic E-state index is 0.0188. The number of rotatable bonds is 4. The van der Waals surface area contributed by atoms with E-state index in [2.05, 4.69) is 10.2 Å². The van der Waals surface area contributed by atoms with Gasteiger partial charge in [0.05, 0.1) is 13.7 Å². The van der Waals surface area contributed by atoms with Crippen LogP contribution in [0, 0.1) is 5.82 Å². The van der Waals surface area contributed by atoms with E-state index in [1.807, 2.05) is 12.1 Å². The Hall–Kier alpha value is -3.66. The number of amides is 3. The molecule has 0 radical (unpaired) electrons. The molecule has 2 aliphatic heterocycles. The number of aromatic nitrogens is 3. The number of carbonyl (C=O) groups excluding carboxylic acids is 2. The fourth-order valence-corrected chi connectivity index (χ4v) is 4.62. The summed E-state index contributed by atoms with van der Waals surface area (Å²) in [5, 5.41) is 8.90. The summed E-state index contributed by atoms with van der Waals surface area (Å²) in [5.41, 5.74) is 0.960. The zero-order chi connectivity index (χ0) is 23.4. The number of methoxy groups -OCH3 is 1. The molecule has 0 saturated carbocycles. The van der Waals surface area contributed by atoms with Crippen LogP contribution in [0.2, 0.25) is 5.02 Å². The van der Waals surface area contributed by atoms with Gasteiger partial charge in [0.15, 0.2) is 11.9 Å². The predicted octanol–water partition coefficient (Wildman–Crippen LogP) is 3.16. The van der Waals surface area contributed by atoms with Crippen molar-refractivity contribution in [3.63, 3.8) is 0 Å². The number of benzene rings is 2. The predicted molar refractivity (Wildman–Crippen MR) is 118 cm³/mol. The van der Waals surface area contributed by atoms with Crippen LogP contribution in [0.1, 0.15) is 11.7 Å². The van der Waals surface area contributed by atoms with E-state index in [-0.39, 0.29) is 17.1 Å². The van der Waals surface area contributed by atoms with E-state index in [1.54, 1.807) is 41.8 Å². The fourth-order valence-electron chi connectivity index (χ4n) is 4.40. The monoisotopic (exact) mass is 470 g/mol. The second-order valence-corrected chi connectivity index (χ2v) is 8.31. The largest absolute Gasteiger partial charge is 0.497 e. The fraction of sp³-hybridized carbons (Fsp3) is 0.273. The van der Waals surface area contributed by atoms with Gasteiger partial charge in [-0.2, -0.15) is 0 Å². The Kier molecular flexibility index (Phi) is 4.97. The van der Waals surface area contributed by atoms with Gasteiger partial charge >= 0.3 is 6.03 Å². The smallest absolute Gasteiger partial charge is 0.327 e. The Morgan fingerprint density at radius 2 is 1.82 bits per heavy atom. The Bertz CT molecular complexity index is 1240. The number of urea groups is 1. The number of ether oxygens (including phenoxy) is 1. The summed E-state index contributed by atoms with van der Waals surface area (Å²) in [7, 11) is 4.62. The average molecular weight is 471 g/mol. The number of carbonyl (C=O) groups is 2. The van der Waals surface area contributed by atoms with Gasteiger partial charge in [-0.1, -0.05) is 17.7 Å². The van der Waals surface area contributed by atoms with E-state index in [0.717, 1.165) is 10.5 Å². The molecule has 0 bridgehead atoms. The average Bonchev–Trinajstić information content (AvgIpc) is 3.37. The van der Waals surface area contributed by atoms with Gasteiger partial charge in [-0.15, -0.1) is 10.2 Å². The molecule has 1 saturated heterocycles. The number of anilines is 1. The third-order valence-electron chi connectivity index (χ3n) is 6.12. The molecular formula is C22H20ClFN6O3. The zero-order valence-corrected chi connectivity index (χ0v) is 18.8. The van der Waals surface area contributed by atoms with Gasteiger partial charge in [-0.25, -0.2) is 9.18 Å². The van der Waals surface area contributed by atoms with Crippen molar-refractivity contribution in [1.82, 2.24) is 24.6 Å². The lowest BCUT2D eigenvalue weighted by Gasteiger charge is -2.40. The van der Waals surface area contributed by atoms with Gasteiger partial charge in [-0.3, -0.25) is 14.3 Å². The van der Waals surface area contributed by atoms with Crippen molar-refractivity contribution in [1.29, 1.82) is 0 Å². The van der Waals surface area contributed by atoms with Crippen molar-refractivity contribution < 1.29 is 18.7 Å². The van der Waals surface area contributed by atoms with E-state index in [4.69, 9.17) is 16.3 Å². The molecule has 2 aromatic carbocycles. The lowest BCUT2D eigenvalue weighted by atomic mass is 10.1.